The summed E-state index contributed by atoms with van der Waals surface area (Å²) in [5, 5.41) is 0.741. The minimum Gasteiger partial charge on any atom is -0.378 e. The van der Waals surface area contributed by atoms with Crippen molar-refractivity contribution in [2.45, 2.75) is 19.3 Å². The zero-order chi connectivity index (χ0) is 15.7. The Labute approximate surface area is 129 Å². The molecule has 8 nitrogen and oxygen atoms in total. The number of ketones is 1. The molecule has 21 heavy (non-hydrogen) atoms. The lowest BCUT2D eigenvalue weighted by Crippen LogP contribution is -2.32. The molecule has 1 aliphatic rings. The normalized spacial score (nSPS) is 14.6. The van der Waals surface area contributed by atoms with Crippen LogP contribution in [-0.4, -0.2) is 60.4 Å². The molecule has 0 bridgehead atoms. The molecule has 1 fully saturated rings. The number of amides is 2. The van der Waals surface area contributed by atoms with Crippen molar-refractivity contribution in [3.8, 4) is 0 Å². The minimum absolute atomic E-state index is 0.00976. The van der Waals surface area contributed by atoms with Gasteiger partial charge in [-0.1, -0.05) is 15.9 Å². The molecule has 0 aromatic heterocycles. The van der Waals surface area contributed by atoms with Crippen molar-refractivity contribution in [1.82, 2.24) is 5.06 Å². The first kappa shape index (κ1) is 17.7. The van der Waals surface area contributed by atoms with Crippen LogP contribution in [0.1, 0.15) is 19.3 Å². The summed E-state index contributed by atoms with van der Waals surface area (Å²) in [6, 6.07) is 0. The van der Waals surface area contributed by atoms with Crippen LogP contribution >= 0.6 is 15.9 Å². The van der Waals surface area contributed by atoms with Crippen molar-refractivity contribution in [3.05, 3.63) is 0 Å². The van der Waals surface area contributed by atoms with Gasteiger partial charge in [0.2, 0.25) is 0 Å². The number of hydrogen-bond donors (Lipinski definition) is 0. The van der Waals surface area contributed by atoms with E-state index in [1.807, 2.05) is 0 Å². The zero-order valence-electron chi connectivity index (χ0n) is 11.3. The highest BCUT2D eigenvalue weighted by Crippen LogP contribution is 2.12. The van der Waals surface area contributed by atoms with Crippen LogP contribution < -0.4 is 0 Å². The Kier molecular flexibility index (Phi) is 8.09. The van der Waals surface area contributed by atoms with Gasteiger partial charge in [-0.05, 0) is 0 Å². The van der Waals surface area contributed by atoms with Crippen molar-refractivity contribution in [1.29, 1.82) is 0 Å². The van der Waals surface area contributed by atoms with Gasteiger partial charge in [0.05, 0.1) is 31.6 Å². The first-order valence-corrected chi connectivity index (χ1v) is 7.46. The average Bonchev–Trinajstić information content (AvgIpc) is 2.77. The summed E-state index contributed by atoms with van der Waals surface area (Å²) >= 11 is 3.00. The van der Waals surface area contributed by atoms with Crippen molar-refractivity contribution in [2.24, 2.45) is 0 Å². The van der Waals surface area contributed by atoms with E-state index in [4.69, 9.17) is 9.47 Å². The Morgan fingerprint density at radius 2 is 1.67 bits per heavy atom. The van der Waals surface area contributed by atoms with Crippen LogP contribution in [0.25, 0.3) is 0 Å². The highest BCUT2D eigenvalue weighted by atomic mass is 79.9. The number of carbonyl (C=O) groups is 4. The number of hydroxylamine groups is 2. The maximum atomic E-state index is 11.4. The van der Waals surface area contributed by atoms with Gasteiger partial charge in [0.1, 0.15) is 6.61 Å². The number of ether oxygens (including phenoxy) is 2. The molecule has 1 aliphatic heterocycles. The van der Waals surface area contributed by atoms with Crippen LogP contribution in [-0.2, 0) is 33.5 Å². The quantitative estimate of drug-likeness (QED) is 0.304. The van der Waals surface area contributed by atoms with E-state index in [0.29, 0.717) is 5.06 Å². The molecule has 118 valence electrons. The van der Waals surface area contributed by atoms with E-state index >= 15 is 0 Å². The Bertz CT molecular complexity index is 396. The molecule has 0 N–H and O–H groups in total. The van der Waals surface area contributed by atoms with E-state index in [1.54, 1.807) is 0 Å². The monoisotopic (exact) mass is 365 g/mol. The van der Waals surface area contributed by atoms with Gasteiger partial charge in [0.15, 0.2) is 5.78 Å². The number of alkyl halides is 1. The van der Waals surface area contributed by atoms with Crippen molar-refractivity contribution in [2.75, 3.05) is 31.8 Å². The summed E-state index contributed by atoms with van der Waals surface area (Å²) in [4.78, 5) is 49.3. The zero-order valence-corrected chi connectivity index (χ0v) is 12.9. The number of carbonyl (C=O) groups excluding carboxylic acids is 4. The maximum absolute atomic E-state index is 11.4. The number of nitrogens with zero attached hydrogens (tertiary/aromatic N) is 1. The van der Waals surface area contributed by atoms with Gasteiger partial charge in [-0.3, -0.25) is 14.4 Å². The van der Waals surface area contributed by atoms with E-state index in [1.165, 1.54) is 0 Å². The summed E-state index contributed by atoms with van der Waals surface area (Å²) in [7, 11) is 0. The third-order valence-electron chi connectivity index (χ3n) is 2.43. The molecule has 0 spiro atoms. The summed E-state index contributed by atoms with van der Waals surface area (Å²) < 4.78 is 10.1. The van der Waals surface area contributed by atoms with Gasteiger partial charge in [0.25, 0.3) is 11.8 Å². The van der Waals surface area contributed by atoms with Gasteiger partial charge in [-0.2, -0.15) is 0 Å². The van der Waals surface area contributed by atoms with Crippen LogP contribution in [0.3, 0.4) is 0 Å². The van der Waals surface area contributed by atoms with Crippen LogP contribution in [0, 0.1) is 0 Å². The topological polar surface area (TPSA) is 99.2 Å². The van der Waals surface area contributed by atoms with E-state index in [-0.39, 0.29) is 56.8 Å². The molecule has 0 aliphatic carbocycles. The second kappa shape index (κ2) is 9.59. The second-order valence-electron chi connectivity index (χ2n) is 4.13. The molecule has 0 aromatic carbocycles. The fourth-order valence-electron chi connectivity index (χ4n) is 1.41. The third-order valence-corrected chi connectivity index (χ3v) is 3.06. The van der Waals surface area contributed by atoms with Gasteiger partial charge in [0, 0.05) is 12.8 Å². The summed E-state index contributed by atoms with van der Waals surface area (Å²) in [6.07, 6.45) is 0.0392. The summed E-state index contributed by atoms with van der Waals surface area (Å²) in [5.74, 6) is -1.81. The first-order valence-electron chi connectivity index (χ1n) is 6.34. The largest absolute Gasteiger partial charge is 0.378 e. The fourth-order valence-corrected chi connectivity index (χ4v) is 1.57. The molecule has 1 heterocycles. The highest BCUT2D eigenvalue weighted by molar-refractivity contribution is 9.09. The van der Waals surface area contributed by atoms with Gasteiger partial charge >= 0.3 is 5.97 Å². The Balaban J connectivity index is 2.02. The SMILES string of the molecule is O=C(CBr)COCCOCCC(=O)ON1C(=O)CCC1=O. The van der Waals surface area contributed by atoms with Gasteiger partial charge in [-0.25, -0.2) is 4.79 Å². The molecule has 0 radical (unpaired) electrons. The Morgan fingerprint density at radius 1 is 1.05 bits per heavy atom. The van der Waals surface area contributed by atoms with E-state index < -0.39 is 17.8 Å². The standard InChI is InChI=1S/C12H16BrNO7/c13-7-9(15)8-20-6-5-19-4-3-12(18)21-14-10(16)1-2-11(14)17/h1-8H2. The number of Topliss-reactive ketones (excluding diaryl/α,β-unsaturated/α-hetero) is 1. The molecule has 9 heteroatoms. The predicted molar refractivity (Wildman–Crippen MR) is 72.2 cm³/mol. The van der Waals surface area contributed by atoms with Crippen LogP contribution in [0.5, 0.6) is 0 Å². The second-order valence-corrected chi connectivity index (χ2v) is 4.69. The maximum Gasteiger partial charge on any atom is 0.335 e. The molecule has 2 amide bonds. The van der Waals surface area contributed by atoms with Gasteiger partial charge in [-0.15, -0.1) is 5.06 Å². The first-order chi connectivity index (χ1) is 10.0. The van der Waals surface area contributed by atoms with Crippen LogP contribution in [0.2, 0.25) is 0 Å². The van der Waals surface area contributed by atoms with Crippen molar-refractivity contribution < 1.29 is 33.5 Å². The van der Waals surface area contributed by atoms with Crippen molar-refractivity contribution in [3.63, 3.8) is 0 Å². The Hall–Kier alpha value is -1.32. The van der Waals surface area contributed by atoms with Crippen molar-refractivity contribution >= 4 is 39.5 Å². The highest BCUT2D eigenvalue weighted by Gasteiger charge is 2.32. The lowest BCUT2D eigenvalue weighted by atomic mass is 10.4. The number of imide groups is 1. The average molecular weight is 366 g/mol. The number of hydrogen-bond acceptors (Lipinski definition) is 7. The molecule has 0 aromatic rings. The number of rotatable bonds is 10. The van der Waals surface area contributed by atoms with Crippen LogP contribution in [0.15, 0.2) is 0 Å². The fraction of sp³-hybridized carbons (Fsp3) is 0.667. The van der Waals surface area contributed by atoms with E-state index in [9.17, 15) is 19.2 Å². The molecule has 0 unspecified atom stereocenters. The van der Waals surface area contributed by atoms with Gasteiger partial charge < -0.3 is 14.3 Å². The van der Waals surface area contributed by atoms with Crippen LogP contribution in [0.4, 0.5) is 0 Å². The molecule has 1 saturated heterocycles. The smallest absolute Gasteiger partial charge is 0.335 e. The Morgan fingerprint density at radius 3 is 2.29 bits per heavy atom. The van der Waals surface area contributed by atoms with E-state index in [2.05, 4.69) is 20.8 Å². The lowest BCUT2D eigenvalue weighted by Gasteiger charge is -2.12. The summed E-state index contributed by atoms with van der Waals surface area (Å²) in [6.45, 7) is 0.544. The number of halogens is 1. The molecular weight excluding hydrogens is 350 g/mol. The predicted octanol–water partition coefficient (Wildman–Crippen LogP) is -0.0191. The van der Waals surface area contributed by atoms with E-state index in [0.717, 1.165) is 0 Å². The lowest BCUT2D eigenvalue weighted by molar-refractivity contribution is -0.198. The minimum atomic E-state index is -0.714. The molecule has 1 rings (SSSR count). The molecule has 0 saturated carbocycles. The summed E-state index contributed by atoms with van der Waals surface area (Å²) in [5.41, 5.74) is 0. The molecular formula is C12H16BrNO7. The molecule has 0 atom stereocenters. The third kappa shape index (κ3) is 6.78.